The molecule has 4 heterocycles. The van der Waals surface area contributed by atoms with E-state index in [-0.39, 0.29) is 30.4 Å². The Morgan fingerprint density at radius 1 is 0.886 bits per heavy atom. The van der Waals surface area contributed by atoms with Gasteiger partial charge in [-0.3, -0.25) is 24.2 Å². The lowest BCUT2D eigenvalue weighted by Crippen LogP contribution is -2.67. The summed E-state index contributed by atoms with van der Waals surface area (Å²) in [6, 6.07) is 9.72. The highest BCUT2D eigenvalue weighted by molar-refractivity contribution is 6.36. The lowest BCUT2D eigenvalue weighted by molar-refractivity contribution is -0.159. The van der Waals surface area contributed by atoms with E-state index >= 15 is 0 Å². The van der Waals surface area contributed by atoms with E-state index in [9.17, 15) is 19.2 Å². The molecule has 0 unspecified atom stereocenters. The quantitative estimate of drug-likeness (QED) is 0.583. The Balaban J connectivity index is 1.54. The maximum Gasteiger partial charge on any atom is 0.332 e. The second kappa shape index (κ2) is 8.76. The molecule has 0 N–H and O–H groups in total. The summed E-state index contributed by atoms with van der Waals surface area (Å²) < 4.78 is 1.84. The summed E-state index contributed by atoms with van der Waals surface area (Å²) in [5, 5.41) is 0.729. The molecular formula is C25H26Cl2N4O4. The number of barbiturate groups is 1. The molecule has 184 valence electrons. The van der Waals surface area contributed by atoms with Crippen LogP contribution in [0.2, 0.25) is 10.0 Å². The molecular weight excluding hydrogens is 491 g/mol. The number of rotatable bonds is 4. The van der Waals surface area contributed by atoms with Gasteiger partial charge in [-0.1, -0.05) is 35.3 Å². The maximum atomic E-state index is 13.7. The number of carbonyl (C=O) groups is 3. The van der Waals surface area contributed by atoms with Crippen LogP contribution in [0.4, 0.5) is 4.79 Å². The third-order valence-corrected chi connectivity index (χ3v) is 8.30. The van der Waals surface area contributed by atoms with Crippen LogP contribution in [0.1, 0.15) is 23.6 Å². The molecule has 1 aromatic heterocycles. The van der Waals surface area contributed by atoms with Gasteiger partial charge >= 0.3 is 6.03 Å². The summed E-state index contributed by atoms with van der Waals surface area (Å²) in [5.74, 6) is -0.792. The zero-order valence-corrected chi connectivity index (χ0v) is 21.1. The highest BCUT2D eigenvalue weighted by Gasteiger charge is 2.57. The summed E-state index contributed by atoms with van der Waals surface area (Å²) in [4.78, 5) is 56.5. The highest BCUT2D eigenvalue weighted by atomic mass is 35.5. The van der Waals surface area contributed by atoms with E-state index in [0.717, 1.165) is 21.9 Å². The maximum absolute atomic E-state index is 13.7. The first-order valence-corrected chi connectivity index (χ1v) is 12.3. The molecule has 5 rings (SSSR count). The minimum atomic E-state index is -1.56. The van der Waals surface area contributed by atoms with Crippen LogP contribution < -0.4 is 5.56 Å². The molecule has 2 atom stereocenters. The van der Waals surface area contributed by atoms with Crippen LogP contribution >= 0.6 is 23.2 Å². The minimum absolute atomic E-state index is 0.00474. The zero-order valence-electron chi connectivity index (χ0n) is 19.5. The Kier molecular flexibility index (Phi) is 6.02. The second-order valence-electron chi connectivity index (χ2n) is 9.86. The van der Waals surface area contributed by atoms with E-state index in [4.69, 9.17) is 23.2 Å². The molecule has 2 fully saturated rings. The van der Waals surface area contributed by atoms with Crippen molar-refractivity contribution in [3.8, 4) is 0 Å². The summed E-state index contributed by atoms with van der Waals surface area (Å²) in [6.45, 7) is 1.96. The topological polar surface area (TPSA) is 82.9 Å². The fourth-order valence-corrected chi connectivity index (χ4v) is 6.52. The number of carbonyl (C=O) groups excluding carboxylic acids is 3. The molecule has 8 nitrogen and oxygen atoms in total. The predicted molar refractivity (Wildman–Crippen MR) is 132 cm³/mol. The van der Waals surface area contributed by atoms with Crippen LogP contribution in [0.15, 0.2) is 41.2 Å². The molecule has 3 aliphatic rings. The lowest BCUT2D eigenvalue weighted by Gasteiger charge is -2.48. The van der Waals surface area contributed by atoms with Crippen molar-refractivity contribution < 1.29 is 14.4 Å². The number of imide groups is 2. The third-order valence-electron chi connectivity index (χ3n) is 7.59. The Hall–Kier alpha value is -2.68. The first kappa shape index (κ1) is 24.0. The molecule has 0 spiro atoms. The van der Waals surface area contributed by atoms with E-state index in [1.807, 2.05) is 10.6 Å². The van der Waals surface area contributed by atoms with Crippen molar-refractivity contribution in [3.63, 3.8) is 0 Å². The van der Waals surface area contributed by atoms with Gasteiger partial charge in [-0.25, -0.2) is 4.79 Å². The first-order chi connectivity index (χ1) is 16.6. The number of aromatic nitrogens is 1. The Bertz CT molecular complexity index is 1250. The number of amides is 4. The monoisotopic (exact) mass is 516 g/mol. The SMILES string of the molecule is CN1C(=O)N(C)C(=O)C(Cc2c(Cl)cccc2Cl)(CN2C[C@@H]3C[C@@H](C2)c2cccc(=O)n2C3)C1=O. The van der Waals surface area contributed by atoms with Gasteiger partial charge in [0.25, 0.3) is 5.56 Å². The normalized spacial score (nSPS) is 24.1. The number of piperidine rings is 1. The van der Waals surface area contributed by atoms with Gasteiger partial charge in [0.05, 0.1) is 0 Å². The summed E-state index contributed by atoms with van der Waals surface area (Å²) in [6.07, 6.45) is 0.927. The van der Waals surface area contributed by atoms with Crippen molar-refractivity contribution in [1.82, 2.24) is 19.3 Å². The summed E-state index contributed by atoms with van der Waals surface area (Å²) in [7, 11) is 2.79. The van der Waals surface area contributed by atoms with Gasteiger partial charge in [0, 0.05) is 68.0 Å². The number of benzene rings is 1. The molecule has 1 aromatic carbocycles. The predicted octanol–water partition coefficient (Wildman–Crippen LogP) is 2.85. The molecule has 2 bridgehead atoms. The van der Waals surface area contributed by atoms with Gasteiger partial charge in [-0.2, -0.15) is 0 Å². The van der Waals surface area contributed by atoms with Crippen molar-refractivity contribution in [1.29, 1.82) is 0 Å². The Morgan fingerprint density at radius 2 is 1.51 bits per heavy atom. The van der Waals surface area contributed by atoms with E-state index in [1.165, 1.54) is 14.1 Å². The van der Waals surface area contributed by atoms with Gasteiger partial charge in [-0.15, -0.1) is 0 Å². The van der Waals surface area contributed by atoms with Crippen LogP contribution in [0.5, 0.6) is 0 Å². The molecule has 0 saturated carbocycles. The number of urea groups is 1. The van der Waals surface area contributed by atoms with Gasteiger partial charge < -0.3 is 9.47 Å². The second-order valence-corrected chi connectivity index (χ2v) is 10.7. The van der Waals surface area contributed by atoms with Gasteiger partial charge in [-0.05, 0) is 42.5 Å². The Morgan fingerprint density at radius 3 is 2.17 bits per heavy atom. The fraction of sp³-hybridized carbons (Fsp3) is 0.440. The highest BCUT2D eigenvalue weighted by Crippen LogP contribution is 2.41. The van der Waals surface area contributed by atoms with Crippen molar-refractivity contribution in [2.75, 3.05) is 33.7 Å². The molecule has 0 radical (unpaired) electrons. The van der Waals surface area contributed by atoms with Crippen LogP contribution in [0.3, 0.4) is 0 Å². The standard InChI is InChI=1S/C25H26Cl2N4O4/c1-28-22(33)25(23(34)29(2)24(28)35,10-17-18(26)5-3-6-19(17)27)14-30-11-15-9-16(13-30)20-7-4-8-21(32)31(20)12-15/h3-8,15-16H,9-14H2,1-2H3/t15-,16-/m0/s1. The third kappa shape index (κ3) is 3.88. The first-order valence-electron chi connectivity index (χ1n) is 11.6. The molecule has 2 saturated heterocycles. The number of hydrogen-bond donors (Lipinski definition) is 0. The molecule has 2 aromatic rings. The van der Waals surface area contributed by atoms with Gasteiger partial charge in [0.2, 0.25) is 11.8 Å². The molecule has 4 amide bonds. The largest absolute Gasteiger partial charge is 0.332 e. The molecule has 10 heteroatoms. The van der Waals surface area contributed by atoms with Crippen molar-refractivity contribution >= 4 is 41.0 Å². The molecule has 35 heavy (non-hydrogen) atoms. The van der Waals surface area contributed by atoms with Gasteiger partial charge in [0.15, 0.2) is 0 Å². The van der Waals surface area contributed by atoms with Crippen LogP contribution in [-0.2, 0) is 22.6 Å². The summed E-state index contributed by atoms with van der Waals surface area (Å²) in [5.41, 5.74) is -0.0846. The lowest BCUT2D eigenvalue weighted by atomic mass is 9.75. The van der Waals surface area contributed by atoms with Gasteiger partial charge in [0.1, 0.15) is 5.41 Å². The van der Waals surface area contributed by atoms with Crippen LogP contribution in [-0.4, -0.2) is 70.8 Å². The van der Waals surface area contributed by atoms with E-state index in [1.54, 1.807) is 30.3 Å². The number of fused-ring (bicyclic) bond motifs is 4. The number of likely N-dealkylation sites (tertiary alicyclic amines) is 1. The van der Waals surface area contributed by atoms with Crippen LogP contribution in [0, 0.1) is 11.3 Å². The fourth-order valence-electron chi connectivity index (χ4n) is 5.98. The summed E-state index contributed by atoms with van der Waals surface area (Å²) >= 11 is 12.9. The smallest absolute Gasteiger partial charge is 0.312 e. The van der Waals surface area contributed by atoms with Crippen molar-refractivity contribution in [2.45, 2.75) is 25.3 Å². The average Bonchev–Trinajstić information content (AvgIpc) is 2.83. The average molecular weight is 517 g/mol. The van der Waals surface area contributed by atoms with Crippen LogP contribution in [0.25, 0.3) is 0 Å². The van der Waals surface area contributed by atoms with Crippen molar-refractivity contribution in [3.05, 3.63) is 68.1 Å². The van der Waals surface area contributed by atoms with E-state index < -0.39 is 23.3 Å². The van der Waals surface area contributed by atoms with E-state index in [0.29, 0.717) is 35.2 Å². The van der Waals surface area contributed by atoms with E-state index in [2.05, 4.69) is 4.90 Å². The van der Waals surface area contributed by atoms with Crippen molar-refractivity contribution in [2.24, 2.45) is 11.3 Å². The number of hydrogen-bond acceptors (Lipinski definition) is 5. The number of halogens is 2. The Labute approximate surface area is 213 Å². The molecule has 3 aliphatic heterocycles. The minimum Gasteiger partial charge on any atom is -0.312 e. The zero-order chi connectivity index (χ0) is 25.1. The number of nitrogens with zero attached hydrogens (tertiary/aromatic N) is 4. The molecule has 0 aliphatic carbocycles. The number of pyridine rings is 1.